The van der Waals surface area contributed by atoms with Crippen molar-refractivity contribution in [3.63, 3.8) is 0 Å². The van der Waals surface area contributed by atoms with Crippen molar-refractivity contribution in [3.05, 3.63) is 29.6 Å². The summed E-state index contributed by atoms with van der Waals surface area (Å²) in [4.78, 5) is 0. The Hall–Kier alpha value is -1.09. The van der Waals surface area contributed by atoms with Gasteiger partial charge in [-0.1, -0.05) is 13.0 Å². The van der Waals surface area contributed by atoms with Gasteiger partial charge in [0.25, 0.3) is 0 Å². The van der Waals surface area contributed by atoms with Crippen molar-refractivity contribution in [1.29, 1.82) is 0 Å². The molecule has 0 aliphatic heterocycles. The number of halogens is 1. The molecule has 2 nitrogen and oxygen atoms in total. The average Bonchev–Trinajstić information content (AvgIpc) is 2.96. The van der Waals surface area contributed by atoms with Crippen LogP contribution in [0.2, 0.25) is 0 Å². The normalized spacial score (nSPS) is 25.2. The minimum atomic E-state index is -0.365. The van der Waals surface area contributed by atoms with Crippen molar-refractivity contribution in [2.24, 2.45) is 11.8 Å². The Morgan fingerprint density at radius 2 is 2.25 bits per heavy atom. The summed E-state index contributed by atoms with van der Waals surface area (Å²) in [5.74, 6) is 0.886. The van der Waals surface area contributed by atoms with Crippen molar-refractivity contribution in [1.82, 2.24) is 0 Å². The second-order valence-corrected chi connectivity index (χ2v) is 4.62. The summed E-state index contributed by atoms with van der Waals surface area (Å²) >= 11 is 0. The molecule has 0 saturated heterocycles. The third kappa shape index (κ3) is 2.35. The second kappa shape index (κ2) is 4.42. The molecule has 88 valence electrons. The molecule has 1 aromatic carbocycles. The van der Waals surface area contributed by atoms with E-state index < -0.39 is 0 Å². The molecule has 2 rings (SSSR count). The lowest BCUT2D eigenvalue weighted by Crippen LogP contribution is -2.14. The van der Waals surface area contributed by atoms with Crippen LogP contribution in [0.25, 0.3) is 0 Å². The van der Waals surface area contributed by atoms with Crippen LogP contribution in [0.3, 0.4) is 0 Å². The smallest absolute Gasteiger partial charge is 0.165 e. The lowest BCUT2D eigenvalue weighted by atomic mass is 10.0. The maximum absolute atomic E-state index is 13.4. The molecule has 1 N–H and O–H groups in total. The first-order valence-electron chi connectivity index (χ1n) is 5.62. The van der Waals surface area contributed by atoms with E-state index in [1.165, 1.54) is 13.2 Å². The zero-order valence-electron chi connectivity index (χ0n) is 9.61. The van der Waals surface area contributed by atoms with Crippen LogP contribution in [0.5, 0.6) is 5.75 Å². The van der Waals surface area contributed by atoms with Crippen LogP contribution >= 0.6 is 0 Å². The molecule has 3 heteroatoms. The average molecular weight is 224 g/mol. The molecule has 0 aromatic heterocycles. The summed E-state index contributed by atoms with van der Waals surface area (Å²) in [6.45, 7) is 2.13. The first-order chi connectivity index (χ1) is 7.61. The van der Waals surface area contributed by atoms with E-state index in [9.17, 15) is 9.50 Å². The van der Waals surface area contributed by atoms with Crippen molar-refractivity contribution >= 4 is 0 Å². The van der Waals surface area contributed by atoms with E-state index in [1.54, 1.807) is 12.1 Å². The van der Waals surface area contributed by atoms with E-state index in [-0.39, 0.29) is 17.7 Å². The molecular formula is C13H17FO2. The van der Waals surface area contributed by atoms with E-state index in [1.807, 2.05) is 0 Å². The minimum absolute atomic E-state index is 0.248. The highest BCUT2D eigenvalue weighted by molar-refractivity contribution is 5.29. The second-order valence-electron chi connectivity index (χ2n) is 4.62. The quantitative estimate of drug-likeness (QED) is 0.851. The standard InChI is InChI=1S/C13H17FO2/c1-8-5-10(8)12(15)7-9-3-4-13(16-2)11(14)6-9/h3-4,6,8,10,12,15H,5,7H2,1-2H3. The molecule has 1 aromatic rings. The first kappa shape index (κ1) is 11.4. The van der Waals surface area contributed by atoms with Crippen LogP contribution in [0.15, 0.2) is 18.2 Å². The molecule has 0 heterocycles. The molecule has 1 aliphatic rings. The Balaban J connectivity index is 2.01. The fraction of sp³-hybridized carbons (Fsp3) is 0.538. The fourth-order valence-corrected chi connectivity index (χ4v) is 2.12. The Kier molecular flexibility index (Phi) is 3.15. The van der Waals surface area contributed by atoms with Gasteiger partial charge >= 0.3 is 0 Å². The van der Waals surface area contributed by atoms with E-state index in [2.05, 4.69) is 6.92 Å². The number of benzene rings is 1. The van der Waals surface area contributed by atoms with Gasteiger partial charge in [-0.15, -0.1) is 0 Å². The molecular weight excluding hydrogens is 207 g/mol. The van der Waals surface area contributed by atoms with Crippen LogP contribution in [0, 0.1) is 17.7 Å². The maximum Gasteiger partial charge on any atom is 0.165 e. The van der Waals surface area contributed by atoms with Crippen LogP contribution in [-0.4, -0.2) is 18.3 Å². The van der Waals surface area contributed by atoms with E-state index in [0.717, 1.165) is 12.0 Å². The SMILES string of the molecule is COc1ccc(CC(O)C2CC2C)cc1F. The van der Waals surface area contributed by atoms with Gasteiger partial charge in [-0.3, -0.25) is 0 Å². The van der Waals surface area contributed by atoms with E-state index in [4.69, 9.17) is 4.74 Å². The van der Waals surface area contributed by atoms with Gasteiger partial charge in [-0.2, -0.15) is 0 Å². The highest BCUT2D eigenvalue weighted by Crippen LogP contribution is 2.41. The summed E-state index contributed by atoms with van der Waals surface area (Å²) in [6.07, 6.45) is 1.26. The number of ether oxygens (including phenoxy) is 1. The van der Waals surface area contributed by atoms with Crippen LogP contribution in [0.1, 0.15) is 18.9 Å². The van der Waals surface area contributed by atoms with Gasteiger partial charge < -0.3 is 9.84 Å². The molecule has 0 radical (unpaired) electrons. The molecule has 0 amide bonds. The van der Waals surface area contributed by atoms with E-state index in [0.29, 0.717) is 18.3 Å². The van der Waals surface area contributed by atoms with Crippen LogP contribution < -0.4 is 4.74 Å². The lowest BCUT2D eigenvalue weighted by molar-refractivity contribution is 0.146. The molecule has 0 spiro atoms. The monoisotopic (exact) mass is 224 g/mol. The summed E-state index contributed by atoms with van der Waals surface area (Å²) in [5, 5.41) is 9.88. The molecule has 1 saturated carbocycles. The molecule has 1 aliphatic carbocycles. The van der Waals surface area contributed by atoms with Gasteiger partial charge in [0.1, 0.15) is 0 Å². The van der Waals surface area contributed by atoms with Crippen LogP contribution in [-0.2, 0) is 6.42 Å². The number of rotatable bonds is 4. The van der Waals surface area contributed by atoms with Gasteiger partial charge in [0.2, 0.25) is 0 Å². The number of aliphatic hydroxyl groups excluding tert-OH is 1. The maximum atomic E-state index is 13.4. The fourth-order valence-electron chi connectivity index (χ4n) is 2.12. The first-order valence-corrected chi connectivity index (χ1v) is 5.62. The minimum Gasteiger partial charge on any atom is -0.494 e. The predicted molar refractivity (Wildman–Crippen MR) is 59.9 cm³/mol. The lowest BCUT2D eigenvalue weighted by Gasteiger charge is -2.10. The molecule has 16 heavy (non-hydrogen) atoms. The molecule has 3 atom stereocenters. The topological polar surface area (TPSA) is 29.5 Å². The summed E-state index contributed by atoms with van der Waals surface area (Å²) in [7, 11) is 1.44. The summed E-state index contributed by atoms with van der Waals surface area (Å²) in [5.41, 5.74) is 0.824. The molecule has 3 unspecified atom stereocenters. The third-order valence-corrected chi connectivity index (χ3v) is 3.33. The highest BCUT2D eigenvalue weighted by Gasteiger charge is 2.38. The third-order valence-electron chi connectivity index (χ3n) is 3.33. The Labute approximate surface area is 95.1 Å². The van der Waals surface area contributed by atoms with Crippen molar-refractivity contribution in [2.45, 2.75) is 25.9 Å². The number of hydrogen-bond acceptors (Lipinski definition) is 2. The zero-order chi connectivity index (χ0) is 11.7. The van der Waals surface area contributed by atoms with Crippen molar-refractivity contribution in [3.8, 4) is 5.75 Å². The van der Waals surface area contributed by atoms with Crippen LogP contribution in [0.4, 0.5) is 4.39 Å². The Morgan fingerprint density at radius 3 is 2.75 bits per heavy atom. The number of hydrogen-bond donors (Lipinski definition) is 1. The number of aliphatic hydroxyl groups is 1. The predicted octanol–water partition coefficient (Wildman–Crippen LogP) is 2.39. The van der Waals surface area contributed by atoms with Gasteiger partial charge in [-0.25, -0.2) is 4.39 Å². The molecule has 1 fully saturated rings. The zero-order valence-corrected chi connectivity index (χ0v) is 9.61. The highest BCUT2D eigenvalue weighted by atomic mass is 19.1. The van der Waals surface area contributed by atoms with Crippen molar-refractivity contribution in [2.75, 3.05) is 7.11 Å². The Morgan fingerprint density at radius 1 is 1.56 bits per heavy atom. The van der Waals surface area contributed by atoms with Crippen molar-refractivity contribution < 1.29 is 14.2 Å². The summed E-state index contributed by atoms with van der Waals surface area (Å²) in [6, 6.07) is 4.85. The van der Waals surface area contributed by atoms with Gasteiger partial charge in [0, 0.05) is 0 Å². The van der Waals surface area contributed by atoms with Gasteiger partial charge in [-0.05, 0) is 42.4 Å². The van der Waals surface area contributed by atoms with Gasteiger partial charge in [0.15, 0.2) is 11.6 Å². The van der Waals surface area contributed by atoms with Gasteiger partial charge in [0.05, 0.1) is 13.2 Å². The Bertz CT molecular complexity index is 378. The largest absolute Gasteiger partial charge is 0.494 e. The summed E-state index contributed by atoms with van der Waals surface area (Å²) < 4.78 is 18.2. The molecule has 0 bridgehead atoms. The number of methoxy groups -OCH3 is 1. The van der Waals surface area contributed by atoms with E-state index >= 15 is 0 Å².